The number of rotatable bonds is 7. The van der Waals surface area contributed by atoms with Crippen molar-refractivity contribution >= 4 is 31.3 Å². The smallest absolute Gasteiger partial charge is 0.330 e. The van der Waals surface area contributed by atoms with Gasteiger partial charge in [0.2, 0.25) is 0 Å². The summed E-state index contributed by atoms with van der Waals surface area (Å²) in [5.41, 5.74) is -0.360. The maximum Gasteiger partial charge on any atom is 0.330 e. The minimum absolute atomic E-state index is 0.112. The molecule has 0 radical (unpaired) electrons. The first-order chi connectivity index (χ1) is 16.7. The Labute approximate surface area is 212 Å². The number of nitrogens with one attached hydrogen (secondary N) is 1. The van der Waals surface area contributed by atoms with Gasteiger partial charge >= 0.3 is 5.69 Å². The summed E-state index contributed by atoms with van der Waals surface area (Å²) >= 11 is 4.58. The van der Waals surface area contributed by atoms with E-state index in [1.54, 1.807) is 13.1 Å². The predicted molar refractivity (Wildman–Crippen MR) is 146 cm³/mol. The quantitative estimate of drug-likeness (QED) is 0.378. The van der Waals surface area contributed by atoms with Crippen molar-refractivity contribution in [3.8, 4) is 0 Å². The van der Waals surface area contributed by atoms with Crippen molar-refractivity contribution < 1.29 is 9.16 Å². The third kappa shape index (κ3) is 4.98. The van der Waals surface area contributed by atoms with Gasteiger partial charge < -0.3 is 9.16 Å². The van der Waals surface area contributed by atoms with Crippen LogP contribution in [0.25, 0.3) is 0 Å². The summed E-state index contributed by atoms with van der Waals surface area (Å²) in [6.45, 7) is 8.82. The number of hydrogen-bond acceptors (Lipinski definition) is 5. The Kier molecular flexibility index (Phi) is 7.56. The SMILES string of the molecule is Cc1cn([C@H]2C[C@H](CS)[C@H](CO[Si](c3ccccc3)(c3ccccc3)C(C)(C)C)O2)c(=O)[nH]c1=O. The minimum atomic E-state index is -2.71. The Hall–Kier alpha value is -2.39. The van der Waals surface area contributed by atoms with E-state index in [0.29, 0.717) is 24.3 Å². The molecule has 2 aromatic carbocycles. The highest BCUT2D eigenvalue weighted by molar-refractivity contribution is 7.80. The molecule has 1 aliphatic heterocycles. The molecule has 3 atom stereocenters. The molecule has 1 aromatic heterocycles. The number of aromatic amines is 1. The van der Waals surface area contributed by atoms with Gasteiger partial charge in [-0.2, -0.15) is 12.6 Å². The number of benzene rings is 2. The van der Waals surface area contributed by atoms with Crippen LogP contribution in [-0.4, -0.2) is 36.3 Å². The first-order valence-corrected chi connectivity index (χ1v) is 14.5. The summed E-state index contributed by atoms with van der Waals surface area (Å²) < 4.78 is 15.0. The normalized spacial score (nSPS) is 20.8. The van der Waals surface area contributed by atoms with Crippen LogP contribution in [0, 0.1) is 12.8 Å². The average molecular weight is 511 g/mol. The molecule has 0 bridgehead atoms. The van der Waals surface area contributed by atoms with E-state index in [0.717, 1.165) is 0 Å². The van der Waals surface area contributed by atoms with Crippen molar-refractivity contribution in [3.63, 3.8) is 0 Å². The highest BCUT2D eigenvalue weighted by Gasteiger charge is 2.51. The van der Waals surface area contributed by atoms with Crippen LogP contribution in [0.15, 0.2) is 76.4 Å². The van der Waals surface area contributed by atoms with Crippen LogP contribution in [0.4, 0.5) is 0 Å². The minimum Gasteiger partial charge on any atom is -0.405 e. The van der Waals surface area contributed by atoms with E-state index in [4.69, 9.17) is 9.16 Å². The van der Waals surface area contributed by atoms with Gasteiger partial charge in [0.1, 0.15) is 6.23 Å². The number of thiol groups is 1. The molecular weight excluding hydrogens is 476 g/mol. The largest absolute Gasteiger partial charge is 0.405 e. The molecule has 4 rings (SSSR count). The fourth-order valence-corrected chi connectivity index (χ4v) is 10.0. The lowest BCUT2D eigenvalue weighted by Crippen LogP contribution is -2.67. The standard InChI is InChI=1S/C27H34N2O4SSi/c1-19-16-29(26(31)28-25(19)30)24-15-20(18-34)23(33-24)17-32-35(27(2,3)4,21-11-7-5-8-12-21)22-13-9-6-10-14-22/h5-14,16,20,23-24,34H,15,17-18H2,1-4H3,(H,28,30,31)/t20-,23+,24-/m1/s1. The summed E-state index contributed by atoms with van der Waals surface area (Å²) in [5, 5.41) is 2.28. The molecule has 0 saturated carbocycles. The van der Waals surface area contributed by atoms with Gasteiger partial charge in [0.25, 0.3) is 13.9 Å². The molecule has 6 nitrogen and oxygen atoms in total. The van der Waals surface area contributed by atoms with Crippen LogP contribution in [0.5, 0.6) is 0 Å². The first kappa shape index (κ1) is 25.7. The molecule has 0 amide bonds. The Morgan fingerprint density at radius 1 is 1.06 bits per heavy atom. The van der Waals surface area contributed by atoms with E-state index in [-0.39, 0.29) is 22.6 Å². The second-order valence-electron chi connectivity index (χ2n) is 10.3. The van der Waals surface area contributed by atoms with Crippen LogP contribution in [0.1, 0.15) is 39.0 Å². The van der Waals surface area contributed by atoms with Crippen LogP contribution in [0.3, 0.4) is 0 Å². The maximum atomic E-state index is 12.5. The van der Waals surface area contributed by atoms with Crippen molar-refractivity contribution in [1.29, 1.82) is 0 Å². The summed E-state index contributed by atoms with van der Waals surface area (Å²) in [4.78, 5) is 26.7. The van der Waals surface area contributed by atoms with Crippen molar-refractivity contribution in [2.75, 3.05) is 12.4 Å². The summed E-state index contributed by atoms with van der Waals surface area (Å²) in [7, 11) is -2.71. The van der Waals surface area contributed by atoms with Gasteiger partial charge in [-0.25, -0.2) is 4.79 Å². The third-order valence-electron chi connectivity index (χ3n) is 6.93. The molecular formula is C27H34N2O4SSi. The van der Waals surface area contributed by atoms with Crippen LogP contribution in [-0.2, 0) is 9.16 Å². The lowest BCUT2D eigenvalue weighted by Gasteiger charge is -2.43. The number of nitrogens with zero attached hydrogens (tertiary/aromatic N) is 1. The zero-order valence-electron chi connectivity index (χ0n) is 20.7. The second kappa shape index (κ2) is 10.3. The molecule has 186 valence electrons. The van der Waals surface area contributed by atoms with E-state index in [2.05, 4.69) is 86.9 Å². The average Bonchev–Trinajstić information content (AvgIpc) is 3.25. The molecule has 3 aromatic rings. The van der Waals surface area contributed by atoms with Gasteiger partial charge in [-0.1, -0.05) is 81.4 Å². The molecule has 0 unspecified atom stereocenters. The molecule has 0 spiro atoms. The number of aromatic nitrogens is 2. The van der Waals surface area contributed by atoms with E-state index < -0.39 is 20.2 Å². The van der Waals surface area contributed by atoms with Gasteiger partial charge in [-0.3, -0.25) is 14.3 Å². The Morgan fingerprint density at radius 3 is 2.14 bits per heavy atom. The van der Waals surface area contributed by atoms with Crippen LogP contribution in [0.2, 0.25) is 5.04 Å². The van der Waals surface area contributed by atoms with Gasteiger partial charge in [0.15, 0.2) is 0 Å². The highest BCUT2D eigenvalue weighted by atomic mass is 32.1. The molecule has 0 aliphatic carbocycles. The van der Waals surface area contributed by atoms with E-state index in [1.165, 1.54) is 14.9 Å². The lowest BCUT2D eigenvalue weighted by atomic mass is 10.0. The molecule has 1 aliphatic rings. The molecule has 35 heavy (non-hydrogen) atoms. The second-order valence-corrected chi connectivity index (χ2v) is 14.9. The number of hydrogen-bond donors (Lipinski definition) is 2. The molecule has 1 fully saturated rings. The van der Waals surface area contributed by atoms with Gasteiger partial charge in [0.05, 0.1) is 12.7 Å². The Balaban J connectivity index is 1.68. The van der Waals surface area contributed by atoms with E-state index in [1.807, 2.05) is 12.1 Å². The molecule has 1 saturated heterocycles. The van der Waals surface area contributed by atoms with Crippen molar-refractivity contribution in [2.24, 2.45) is 5.92 Å². The zero-order valence-corrected chi connectivity index (χ0v) is 22.6. The predicted octanol–water partition coefficient (Wildman–Crippen LogP) is 3.26. The molecule has 2 heterocycles. The van der Waals surface area contributed by atoms with Crippen molar-refractivity contribution in [2.45, 2.75) is 51.5 Å². The molecule has 8 heteroatoms. The van der Waals surface area contributed by atoms with Crippen LogP contribution < -0.4 is 21.6 Å². The van der Waals surface area contributed by atoms with E-state index >= 15 is 0 Å². The summed E-state index contributed by atoms with van der Waals surface area (Å²) in [6, 6.07) is 21.0. The third-order valence-corrected chi connectivity index (χ3v) is 12.4. The first-order valence-electron chi connectivity index (χ1n) is 12.0. The van der Waals surface area contributed by atoms with Crippen molar-refractivity contribution in [3.05, 3.63) is 93.3 Å². The van der Waals surface area contributed by atoms with Gasteiger partial charge in [-0.15, -0.1) is 0 Å². The Bertz CT molecular complexity index is 1210. The number of aryl methyl sites for hydroxylation is 1. The fraction of sp³-hybridized carbons (Fsp3) is 0.407. The number of H-pyrrole nitrogens is 1. The summed E-state index contributed by atoms with van der Waals surface area (Å²) in [6.07, 6.45) is 1.51. The summed E-state index contributed by atoms with van der Waals surface area (Å²) in [5.74, 6) is 0.725. The monoisotopic (exact) mass is 510 g/mol. The highest BCUT2D eigenvalue weighted by Crippen LogP contribution is 2.39. The van der Waals surface area contributed by atoms with Crippen LogP contribution >= 0.6 is 12.6 Å². The Morgan fingerprint density at radius 2 is 1.63 bits per heavy atom. The number of ether oxygens (including phenoxy) is 1. The maximum absolute atomic E-state index is 12.5. The lowest BCUT2D eigenvalue weighted by molar-refractivity contribution is -0.0278. The van der Waals surface area contributed by atoms with E-state index in [9.17, 15) is 9.59 Å². The molecule has 1 N–H and O–H groups in total. The fourth-order valence-electron chi connectivity index (χ4n) is 5.09. The van der Waals surface area contributed by atoms with Gasteiger partial charge in [-0.05, 0) is 34.5 Å². The van der Waals surface area contributed by atoms with Gasteiger partial charge in [0, 0.05) is 17.7 Å². The zero-order chi connectivity index (χ0) is 25.2. The topological polar surface area (TPSA) is 73.3 Å². The van der Waals surface area contributed by atoms with Crippen molar-refractivity contribution in [1.82, 2.24) is 9.55 Å².